The third-order valence-corrected chi connectivity index (χ3v) is 4.86. The predicted octanol–water partition coefficient (Wildman–Crippen LogP) is 5.72. The van der Waals surface area contributed by atoms with Crippen molar-refractivity contribution in [1.29, 1.82) is 0 Å². The summed E-state index contributed by atoms with van der Waals surface area (Å²) in [5.41, 5.74) is 2.23. The quantitative estimate of drug-likeness (QED) is 0.427. The lowest BCUT2D eigenvalue weighted by molar-refractivity contribution is 0.0503. The van der Waals surface area contributed by atoms with E-state index in [-0.39, 0.29) is 6.04 Å². The Bertz CT molecular complexity index is 1090. The summed E-state index contributed by atoms with van der Waals surface area (Å²) in [5, 5.41) is 5.89. The van der Waals surface area contributed by atoms with Crippen molar-refractivity contribution >= 4 is 29.5 Å². The van der Waals surface area contributed by atoms with Crippen molar-refractivity contribution in [1.82, 2.24) is 15.3 Å². The number of imidazole rings is 1. The van der Waals surface area contributed by atoms with Gasteiger partial charge in [0.1, 0.15) is 22.3 Å². The van der Waals surface area contributed by atoms with Crippen LogP contribution in [0.2, 0.25) is 5.15 Å². The molecule has 3 rings (SSSR count). The zero-order chi connectivity index (χ0) is 24.0. The zero-order valence-electron chi connectivity index (χ0n) is 18.9. The molecule has 0 unspecified atom stereocenters. The van der Waals surface area contributed by atoms with Crippen LogP contribution >= 0.6 is 11.6 Å². The molecule has 0 bridgehead atoms. The molecule has 3 aromatic rings. The fraction of sp³-hybridized carbons (Fsp3) is 0.292. The molecule has 0 saturated heterocycles. The van der Waals surface area contributed by atoms with E-state index in [4.69, 9.17) is 16.3 Å². The highest BCUT2D eigenvalue weighted by Gasteiger charge is 2.22. The fourth-order valence-corrected chi connectivity index (χ4v) is 3.41. The Labute approximate surface area is 197 Å². The molecule has 0 aliphatic carbocycles. The van der Waals surface area contributed by atoms with Gasteiger partial charge in [-0.25, -0.2) is 14.6 Å². The number of hydrogen-bond acceptors (Lipinski definition) is 5. The van der Waals surface area contributed by atoms with Crippen LogP contribution in [0, 0.1) is 0 Å². The Morgan fingerprint density at radius 2 is 1.73 bits per heavy atom. The van der Waals surface area contributed by atoms with E-state index in [1.807, 2.05) is 51.1 Å². The maximum absolute atomic E-state index is 12.4. The van der Waals surface area contributed by atoms with Gasteiger partial charge in [0.2, 0.25) is 0 Å². The number of benzene rings is 2. The van der Waals surface area contributed by atoms with E-state index in [1.165, 1.54) is 7.11 Å². The standard InChI is InChI=1S/C24H27ClN4O4/c1-24(2,3)33-23(31)27-18(15-8-6-5-7-9-15)14-19-28-20(21(25)29-19)16-10-12-17(13-11-16)26-22(30)32-4/h5-13,18H,14H2,1-4H3,(H,26,30)(H,27,31)(H,28,29)/t18-/m0/s1. The summed E-state index contributed by atoms with van der Waals surface area (Å²) in [7, 11) is 1.30. The van der Waals surface area contributed by atoms with E-state index in [0.717, 1.165) is 11.1 Å². The molecule has 174 valence electrons. The molecule has 0 radical (unpaired) electrons. The van der Waals surface area contributed by atoms with Gasteiger partial charge >= 0.3 is 12.2 Å². The summed E-state index contributed by atoms with van der Waals surface area (Å²) in [6.07, 6.45) is -0.680. The first kappa shape index (κ1) is 24.1. The van der Waals surface area contributed by atoms with Crippen LogP contribution in [0.4, 0.5) is 15.3 Å². The maximum Gasteiger partial charge on any atom is 0.411 e. The molecular weight excluding hydrogens is 444 g/mol. The second kappa shape index (κ2) is 10.4. The van der Waals surface area contributed by atoms with Gasteiger partial charge in [0.15, 0.2) is 0 Å². The van der Waals surface area contributed by atoms with Crippen LogP contribution in [0.5, 0.6) is 0 Å². The highest BCUT2D eigenvalue weighted by atomic mass is 35.5. The van der Waals surface area contributed by atoms with Crippen molar-refractivity contribution in [3.63, 3.8) is 0 Å². The third-order valence-electron chi connectivity index (χ3n) is 4.59. The number of nitrogens with one attached hydrogen (secondary N) is 3. The molecule has 8 nitrogen and oxygen atoms in total. The third kappa shape index (κ3) is 6.98. The largest absolute Gasteiger partial charge is 0.453 e. The zero-order valence-corrected chi connectivity index (χ0v) is 19.7. The predicted molar refractivity (Wildman–Crippen MR) is 127 cm³/mol. The van der Waals surface area contributed by atoms with Crippen LogP contribution in [0.25, 0.3) is 11.3 Å². The van der Waals surface area contributed by atoms with Crippen LogP contribution in [-0.4, -0.2) is 34.9 Å². The number of nitrogens with zero attached hydrogens (tertiary/aromatic N) is 1. The van der Waals surface area contributed by atoms with Gasteiger partial charge < -0.3 is 19.8 Å². The number of methoxy groups -OCH3 is 1. The van der Waals surface area contributed by atoms with Crippen LogP contribution < -0.4 is 10.6 Å². The number of ether oxygens (including phenoxy) is 2. The molecule has 0 saturated carbocycles. The lowest BCUT2D eigenvalue weighted by Crippen LogP contribution is -2.35. The molecule has 0 fully saturated rings. The number of amides is 2. The topological polar surface area (TPSA) is 105 Å². The van der Waals surface area contributed by atoms with Crippen molar-refractivity contribution in [2.24, 2.45) is 0 Å². The lowest BCUT2D eigenvalue weighted by Gasteiger charge is -2.23. The number of halogens is 1. The number of aromatic nitrogens is 2. The molecule has 1 atom stereocenters. The van der Waals surface area contributed by atoms with Crippen molar-refractivity contribution in [2.75, 3.05) is 12.4 Å². The number of carbonyl (C=O) groups excluding carboxylic acids is 2. The number of aromatic amines is 1. The molecule has 3 N–H and O–H groups in total. The maximum atomic E-state index is 12.4. The van der Waals surface area contributed by atoms with E-state index >= 15 is 0 Å². The number of anilines is 1. The Morgan fingerprint density at radius 3 is 2.33 bits per heavy atom. The monoisotopic (exact) mass is 470 g/mol. The summed E-state index contributed by atoms with van der Waals surface area (Å²) in [6.45, 7) is 5.44. The molecule has 33 heavy (non-hydrogen) atoms. The van der Waals surface area contributed by atoms with Gasteiger partial charge in [-0.3, -0.25) is 5.32 Å². The van der Waals surface area contributed by atoms with Gasteiger partial charge in [0, 0.05) is 17.7 Å². The molecule has 0 aliphatic rings. The lowest BCUT2D eigenvalue weighted by atomic mass is 10.0. The molecule has 2 amide bonds. The number of rotatable bonds is 6. The Kier molecular flexibility index (Phi) is 7.60. The highest BCUT2D eigenvalue weighted by Crippen LogP contribution is 2.28. The summed E-state index contributed by atoms with van der Waals surface area (Å²) in [5.74, 6) is 0.608. The van der Waals surface area contributed by atoms with Gasteiger partial charge in [0.05, 0.1) is 13.2 Å². The molecule has 9 heteroatoms. The smallest absolute Gasteiger partial charge is 0.411 e. The average molecular weight is 471 g/mol. The summed E-state index contributed by atoms with van der Waals surface area (Å²) >= 11 is 6.43. The van der Waals surface area contributed by atoms with E-state index < -0.39 is 17.8 Å². The summed E-state index contributed by atoms with van der Waals surface area (Å²) < 4.78 is 10.0. The van der Waals surface area contributed by atoms with Gasteiger partial charge in [-0.1, -0.05) is 54.1 Å². The second-order valence-electron chi connectivity index (χ2n) is 8.35. The van der Waals surface area contributed by atoms with E-state index in [2.05, 4.69) is 25.3 Å². The minimum atomic E-state index is -0.610. The number of H-pyrrole nitrogens is 1. The molecular formula is C24H27ClN4O4. The van der Waals surface area contributed by atoms with E-state index in [9.17, 15) is 9.59 Å². The van der Waals surface area contributed by atoms with Gasteiger partial charge in [-0.15, -0.1) is 0 Å². The van der Waals surface area contributed by atoms with E-state index in [1.54, 1.807) is 24.3 Å². The molecule has 0 aliphatic heterocycles. The van der Waals surface area contributed by atoms with Crippen LogP contribution in [-0.2, 0) is 15.9 Å². The fourth-order valence-electron chi connectivity index (χ4n) is 3.15. The van der Waals surface area contributed by atoms with Crippen LogP contribution in [0.3, 0.4) is 0 Å². The SMILES string of the molecule is COC(=O)Nc1ccc(-c2nc(C[C@H](NC(=O)OC(C)(C)C)c3ccccc3)[nH]c2Cl)cc1. The van der Waals surface area contributed by atoms with Crippen molar-refractivity contribution in [3.8, 4) is 11.3 Å². The van der Waals surface area contributed by atoms with Gasteiger partial charge in [-0.05, 0) is 38.5 Å². The van der Waals surface area contributed by atoms with Crippen molar-refractivity contribution in [2.45, 2.75) is 38.8 Å². The molecule has 1 heterocycles. The van der Waals surface area contributed by atoms with Crippen molar-refractivity contribution in [3.05, 3.63) is 71.1 Å². The van der Waals surface area contributed by atoms with Gasteiger partial charge in [-0.2, -0.15) is 0 Å². The van der Waals surface area contributed by atoms with E-state index in [0.29, 0.717) is 28.8 Å². The van der Waals surface area contributed by atoms with Crippen molar-refractivity contribution < 1.29 is 19.1 Å². The Hall–Kier alpha value is -3.52. The highest BCUT2D eigenvalue weighted by molar-refractivity contribution is 6.31. The molecule has 2 aromatic carbocycles. The molecule has 0 spiro atoms. The van der Waals surface area contributed by atoms with Crippen LogP contribution in [0.1, 0.15) is 38.2 Å². The molecule has 1 aromatic heterocycles. The van der Waals surface area contributed by atoms with Gasteiger partial charge in [0.25, 0.3) is 0 Å². The number of carbonyl (C=O) groups is 2. The van der Waals surface area contributed by atoms with Crippen LogP contribution in [0.15, 0.2) is 54.6 Å². The first-order valence-corrected chi connectivity index (χ1v) is 10.8. The minimum Gasteiger partial charge on any atom is -0.453 e. The Balaban J connectivity index is 1.79. The number of hydrogen-bond donors (Lipinski definition) is 3. The normalized spacial score (nSPS) is 12.0. The first-order valence-electron chi connectivity index (χ1n) is 10.4. The first-order chi connectivity index (χ1) is 15.6. The number of alkyl carbamates (subject to hydrolysis) is 1. The summed E-state index contributed by atoms with van der Waals surface area (Å²) in [6, 6.07) is 16.3. The second-order valence-corrected chi connectivity index (χ2v) is 8.73. The summed E-state index contributed by atoms with van der Waals surface area (Å²) in [4.78, 5) is 31.5. The average Bonchev–Trinajstić information content (AvgIpc) is 3.13. The Morgan fingerprint density at radius 1 is 1.06 bits per heavy atom. The minimum absolute atomic E-state index is 0.372.